The van der Waals surface area contributed by atoms with Gasteiger partial charge in [-0.1, -0.05) is 20.8 Å². The van der Waals surface area contributed by atoms with Crippen LogP contribution in [0.3, 0.4) is 0 Å². The Morgan fingerprint density at radius 1 is 1.12 bits per heavy atom. The number of hydrogen-bond acceptors (Lipinski definition) is 4. The predicted octanol–water partition coefficient (Wildman–Crippen LogP) is 2.93. The van der Waals surface area contributed by atoms with Crippen LogP contribution in [0.25, 0.3) is 0 Å². The van der Waals surface area contributed by atoms with Gasteiger partial charge in [-0.3, -0.25) is 0 Å². The highest BCUT2D eigenvalue weighted by Gasteiger charge is 2.08. The molecule has 0 amide bonds. The maximum Gasteiger partial charge on any atom is 0.134 e. The summed E-state index contributed by atoms with van der Waals surface area (Å²) in [7, 11) is 0. The minimum Gasteiger partial charge on any atom is -0.370 e. The summed E-state index contributed by atoms with van der Waals surface area (Å²) in [6.45, 7) is 10.5. The molecule has 1 rings (SSSR count). The van der Waals surface area contributed by atoms with Gasteiger partial charge >= 0.3 is 0 Å². The molecule has 1 heterocycles. The van der Waals surface area contributed by atoms with E-state index in [4.69, 9.17) is 0 Å². The summed E-state index contributed by atoms with van der Waals surface area (Å²) in [5.74, 6) is 2.64. The van der Waals surface area contributed by atoms with Crippen LogP contribution in [0.4, 0.5) is 11.6 Å². The Labute approximate surface area is 104 Å². The van der Waals surface area contributed by atoms with Gasteiger partial charge in [0.05, 0.1) is 0 Å². The summed E-state index contributed by atoms with van der Waals surface area (Å²) in [6.07, 6.45) is 3.71. The fraction of sp³-hybridized carbons (Fsp3) is 0.692. The smallest absolute Gasteiger partial charge is 0.134 e. The monoisotopic (exact) mass is 236 g/mol. The zero-order valence-electron chi connectivity index (χ0n) is 11.4. The van der Waals surface area contributed by atoms with E-state index < -0.39 is 0 Å². The maximum atomic E-state index is 4.33. The molecule has 0 saturated carbocycles. The topological polar surface area (TPSA) is 49.8 Å². The van der Waals surface area contributed by atoms with E-state index in [1.54, 1.807) is 6.33 Å². The van der Waals surface area contributed by atoms with E-state index in [0.29, 0.717) is 5.92 Å². The van der Waals surface area contributed by atoms with Crippen molar-refractivity contribution in [2.45, 2.75) is 40.5 Å². The first kappa shape index (κ1) is 13.7. The van der Waals surface area contributed by atoms with Gasteiger partial charge in [-0.15, -0.1) is 0 Å². The molecule has 0 unspecified atom stereocenters. The van der Waals surface area contributed by atoms with Gasteiger partial charge in [0.15, 0.2) is 0 Å². The normalized spacial score (nSPS) is 10.6. The quantitative estimate of drug-likeness (QED) is 0.764. The Morgan fingerprint density at radius 3 is 2.29 bits per heavy atom. The van der Waals surface area contributed by atoms with E-state index in [1.807, 2.05) is 0 Å². The summed E-state index contributed by atoms with van der Waals surface area (Å²) >= 11 is 0. The first-order valence-corrected chi connectivity index (χ1v) is 6.50. The molecule has 0 radical (unpaired) electrons. The van der Waals surface area contributed by atoms with Crippen LogP contribution in [-0.2, 0) is 6.42 Å². The molecule has 0 aliphatic heterocycles. The van der Waals surface area contributed by atoms with Crippen LogP contribution in [0.5, 0.6) is 0 Å². The van der Waals surface area contributed by atoms with E-state index in [1.165, 1.54) is 5.56 Å². The largest absolute Gasteiger partial charge is 0.370 e. The lowest BCUT2D eigenvalue weighted by Gasteiger charge is -2.14. The molecule has 0 aromatic carbocycles. The molecule has 2 N–H and O–H groups in total. The molecule has 0 saturated heterocycles. The highest BCUT2D eigenvalue weighted by atomic mass is 15.1. The first-order chi connectivity index (χ1) is 8.19. The lowest BCUT2D eigenvalue weighted by Crippen LogP contribution is -2.11. The Morgan fingerprint density at radius 2 is 1.76 bits per heavy atom. The van der Waals surface area contributed by atoms with Crippen LogP contribution < -0.4 is 10.6 Å². The van der Waals surface area contributed by atoms with Gasteiger partial charge in [0.2, 0.25) is 0 Å². The fourth-order valence-electron chi connectivity index (χ4n) is 1.70. The number of hydrogen-bond donors (Lipinski definition) is 2. The molecule has 17 heavy (non-hydrogen) atoms. The molecular weight excluding hydrogens is 212 g/mol. The van der Waals surface area contributed by atoms with Crippen LogP contribution >= 0.6 is 0 Å². The molecule has 0 fully saturated rings. The van der Waals surface area contributed by atoms with Crippen LogP contribution in [-0.4, -0.2) is 23.1 Å². The highest BCUT2D eigenvalue weighted by Crippen LogP contribution is 2.20. The molecule has 0 atom stereocenters. The summed E-state index contributed by atoms with van der Waals surface area (Å²) in [6, 6.07) is 0. The predicted molar refractivity (Wildman–Crippen MR) is 73.5 cm³/mol. The van der Waals surface area contributed by atoms with Crippen molar-refractivity contribution >= 4 is 11.6 Å². The van der Waals surface area contributed by atoms with Crippen LogP contribution in [0.2, 0.25) is 0 Å². The molecule has 96 valence electrons. The van der Waals surface area contributed by atoms with Gasteiger partial charge in [-0.25, -0.2) is 9.97 Å². The van der Waals surface area contributed by atoms with Crippen molar-refractivity contribution in [1.82, 2.24) is 9.97 Å². The van der Waals surface area contributed by atoms with Gasteiger partial charge in [-0.2, -0.15) is 0 Å². The summed E-state index contributed by atoms with van der Waals surface area (Å²) in [4.78, 5) is 8.61. The molecule has 0 aliphatic carbocycles. The van der Waals surface area contributed by atoms with Crippen molar-refractivity contribution in [2.24, 2.45) is 5.92 Å². The van der Waals surface area contributed by atoms with E-state index in [-0.39, 0.29) is 0 Å². The number of nitrogens with one attached hydrogen (secondary N) is 2. The third-order valence-corrected chi connectivity index (χ3v) is 2.66. The van der Waals surface area contributed by atoms with Crippen molar-refractivity contribution in [1.29, 1.82) is 0 Å². The molecule has 4 heteroatoms. The lowest BCUT2D eigenvalue weighted by molar-refractivity contribution is 0.606. The summed E-state index contributed by atoms with van der Waals surface area (Å²) in [5.41, 5.74) is 1.18. The highest BCUT2D eigenvalue weighted by molar-refractivity contribution is 5.57. The van der Waals surface area contributed by atoms with E-state index in [9.17, 15) is 0 Å². The minimum absolute atomic E-state index is 0.711. The number of nitrogens with zero attached hydrogens (tertiary/aromatic N) is 2. The molecule has 1 aromatic rings. The van der Waals surface area contributed by atoms with Gasteiger partial charge in [-0.05, 0) is 25.7 Å². The number of aromatic nitrogens is 2. The fourth-order valence-corrected chi connectivity index (χ4v) is 1.70. The van der Waals surface area contributed by atoms with Crippen LogP contribution in [0, 0.1) is 5.92 Å². The van der Waals surface area contributed by atoms with Crippen molar-refractivity contribution in [3.63, 3.8) is 0 Å². The third kappa shape index (κ3) is 4.21. The van der Waals surface area contributed by atoms with Gasteiger partial charge in [0, 0.05) is 18.7 Å². The minimum atomic E-state index is 0.711. The summed E-state index contributed by atoms with van der Waals surface area (Å²) in [5, 5.41) is 6.68. The Kier molecular flexibility index (Phi) is 5.73. The van der Waals surface area contributed by atoms with Crippen molar-refractivity contribution in [3.8, 4) is 0 Å². The van der Waals surface area contributed by atoms with E-state index in [2.05, 4.69) is 48.3 Å². The Bertz CT molecular complexity index is 336. The molecule has 4 nitrogen and oxygen atoms in total. The van der Waals surface area contributed by atoms with Gasteiger partial charge in [0.25, 0.3) is 0 Å². The van der Waals surface area contributed by atoms with Crippen LogP contribution in [0.15, 0.2) is 6.33 Å². The van der Waals surface area contributed by atoms with Crippen LogP contribution in [0.1, 0.15) is 39.7 Å². The van der Waals surface area contributed by atoms with Gasteiger partial charge < -0.3 is 10.6 Å². The van der Waals surface area contributed by atoms with Crippen molar-refractivity contribution in [2.75, 3.05) is 23.7 Å². The standard InChI is InChI=1S/C13H24N4/c1-5-11-12(14-6-2)16-9-17-13(11)15-8-7-10(3)4/h9-10H,5-8H2,1-4H3,(H2,14,15,16,17). The summed E-state index contributed by atoms with van der Waals surface area (Å²) < 4.78 is 0. The zero-order valence-corrected chi connectivity index (χ0v) is 11.4. The lowest BCUT2D eigenvalue weighted by atomic mass is 10.1. The number of rotatable bonds is 7. The second-order valence-corrected chi connectivity index (χ2v) is 4.54. The molecular formula is C13H24N4. The second kappa shape index (κ2) is 7.09. The van der Waals surface area contributed by atoms with Gasteiger partial charge in [0.1, 0.15) is 18.0 Å². The first-order valence-electron chi connectivity index (χ1n) is 6.50. The SMILES string of the molecule is CCNc1ncnc(NCCC(C)C)c1CC. The Hall–Kier alpha value is -1.32. The van der Waals surface area contributed by atoms with Crippen molar-refractivity contribution < 1.29 is 0 Å². The van der Waals surface area contributed by atoms with Crippen molar-refractivity contribution in [3.05, 3.63) is 11.9 Å². The molecule has 0 aliphatic rings. The Balaban J connectivity index is 2.73. The number of anilines is 2. The van der Waals surface area contributed by atoms with E-state index in [0.717, 1.165) is 37.6 Å². The second-order valence-electron chi connectivity index (χ2n) is 4.54. The average Bonchev–Trinajstić information content (AvgIpc) is 2.29. The third-order valence-electron chi connectivity index (χ3n) is 2.66. The molecule has 0 bridgehead atoms. The maximum absolute atomic E-state index is 4.33. The average molecular weight is 236 g/mol. The van der Waals surface area contributed by atoms with E-state index >= 15 is 0 Å². The molecule has 1 aromatic heterocycles. The molecule has 0 spiro atoms. The zero-order chi connectivity index (χ0) is 12.7.